The Balaban J connectivity index is 2.77. The van der Waals surface area contributed by atoms with Gasteiger partial charge in [0.15, 0.2) is 5.58 Å². The Hall–Kier alpha value is -0.830. The number of hydrogen-bond acceptors (Lipinski definition) is 2. The van der Waals surface area contributed by atoms with E-state index in [1.54, 1.807) is 0 Å². The molecule has 0 atom stereocenters. The van der Waals surface area contributed by atoms with Crippen molar-refractivity contribution in [3.05, 3.63) is 29.0 Å². The average molecular weight is 240 g/mol. The van der Waals surface area contributed by atoms with Gasteiger partial charge in [-0.05, 0) is 37.1 Å². The van der Waals surface area contributed by atoms with Crippen LogP contribution in [0.25, 0.3) is 11.0 Å². The van der Waals surface area contributed by atoms with Crippen LogP contribution in [0.2, 0.25) is 0 Å². The SMILES string of the molecule is Cc1cc2onc(CBr)c2cc1C. The quantitative estimate of drug-likeness (QED) is 0.714. The monoisotopic (exact) mass is 239 g/mol. The maximum atomic E-state index is 5.20. The van der Waals surface area contributed by atoms with Crippen LogP contribution in [0.1, 0.15) is 16.8 Å². The molecule has 3 heteroatoms. The first kappa shape index (κ1) is 8.75. The van der Waals surface area contributed by atoms with Gasteiger partial charge in [0.25, 0.3) is 0 Å². The fourth-order valence-electron chi connectivity index (χ4n) is 1.34. The first-order valence-corrected chi connectivity index (χ1v) is 5.26. The molecule has 1 aromatic carbocycles. The second kappa shape index (κ2) is 3.14. The van der Waals surface area contributed by atoms with Crippen molar-refractivity contribution in [3.8, 4) is 0 Å². The van der Waals surface area contributed by atoms with Crippen molar-refractivity contribution in [2.24, 2.45) is 0 Å². The summed E-state index contributed by atoms with van der Waals surface area (Å²) in [6, 6.07) is 4.15. The molecule has 2 nitrogen and oxygen atoms in total. The van der Waals surface area contributed by atoms with E-state index >= 15 is 0 Å². The molecule has 0 spiro atoms. The van der Waals surface area contributed by atoms with E-state index in [1.165, 1.54) is 11.1 Å². The number of fused-ring (bicyclic) bond motifs is 1. The highest BCUT2D eigenvalue weighted by atomic mass is 79.9. The van der Waals surface area contributed by atoms with Crippen molar-refractivity contribution >= 4 is 26.9 Å². The molecule has 2 aromatic rings. The Morgan fingerprint density at radius 2 is 2.00 bits per heavy atom. The zero-order chi connectivity index (χ0) is 9.42. The number of hydrogen-bond donors (Lipinski definition) is 0. The minimum absolute atomic E-state index is 0.739. The number of rotatable bonds is 1. The minimum atomic E-state index is 0.739. The van der Waals surface area contributed by atoms with Crippen LogP contribution in [0.15, 0.2) is 16.7 Å². The van der Waals surface area contributed by atoms with E-state index in [1.807, 2.05) is 6.07 Å². The molecule has 1 heterocycles. The van der Waals surface area contributed by atoms with E-state index in [0.717, 1.165) is 22.0 Å². The molecule has 0 unspecified atom stereocenters. The molecule has 0 aliphatic carbocycles. The van der Waals surface area contributed by atoms with Gasteiger partial charge in [-0.3, -0.25) is 0 Å². The fraction of sp³-hybridized carbons (Fsp3) is 0.300. The minimum Gasteiger partial charge on any atom is -0.356 e. The Morgan fingerprint density at radius 1 is 1.31 bits per heavy atom. The lowest BCUT2D eigenvalue weighted by Gasteiger charge is -1.97. The lowest BCUT2D eigenvalue weighted by Crippen LogP contribution is -1.81. The van der Waals surface area contributed by atoms with Crippen molar-refractivity contribution < 1.29 is 4.52 Å². The molecule has 2 rings (SSSR count). The number of nitrogens with zero attached hydrogens (tertiary/aromatic N) is 1. The van der Waals surface area contributed by atoms with Crippen LogP contribution in [-0.4, -0.2) is 5.16 Å². The van der Waals surface area contributed by atoms with Gasteiger partial charge in [0.05, 0.1) is 0 Å². The highest BCUT2D eigenvalue weighted by Gasteiger charge is 2.07. The van der Waals surface area contributed by atoms with Crippen LogP contribution in [0.4, 0.5) is 0 Å². The summed E-state index contributed by atoms with van der Waals surface area (Å²) >= 11 is 3.38. The van der Waals surface area contributed by atoms with Crippen LogP contribution in [0.5, 0.6) is 0 Å². The predicted octanol–water partition coefficient (Wildman–Crippen LogP) is 3.34. The second-order valence-electron chi connectivity index (χ2n) is 3.20. The van der Waals surface area contributed by atoms with E-state index in [2.05, 4.69) is 41.0 Å². The molecule has 0 bridgehead atoms. The molecule has 13 heavy (non-hydrogen) atoms. The molecule has 0 saturated carbocycles. The van der Waals surface area contributed by atoms with Crippen LogP contribution >= 0.6 is 15.9 Å². The summed E-state index contributed by atoms with van der Waals surface area (Å²) in [5, 5.41) is 5.82. The molecule has 0 aliphatic heterocycles. The Morgan fingerprint density at radius 3 is 2.69 bits per heavy atom. The Bertz CT molecular complexity index is 447. The van der Waals surface area contributed by atoms with Crippen molar-refractivity contribution in [1.82, 2.24) is 5.16 Å². The largest absolute Gasteiger partial charge is 0.356 e. The third-order valence-electron chi connectivity index (χ3n) is 2.29. The topological polar surface area (TPSA) is 26.0 Å². The maximum absolute atomic E-state index is 5.20. The molecule has 0 N–H and O–H groups in total. The van der Waals surface area contributed by atoms with Gasteiger partial charge in [0.1, 0.15) is 5.69 Å². The van der Waals surface area contributed by atoms with Crippen LogP contribution in [0, 0.1) is 13.8 Å². The van der Waals surface area contributed by atoms with E-state index in [-0.39, 0.29) is 0 Å². The van der Waals surface area contributed by atoms with Gasteiger partial charge in [0.2, 0.25) is 0 Å². The molecule has 0 saturated heterocycles. The zero-order valence-corrected chi connectivity index (χ0v) is 9.18. The van der Waals surface area contributed by atoms with Crippen LogP contribution in [0.3, 0.4) is 0 Å². The number of alkyl halides is 1. The Labute approximate surface area is 85.0 Å². The lowest BCUT2D eigenvalue weighted by atomic mass is 10.1. The van der Waals surface area contributed by atoms with Crippen molar-refractivity contribution in [2.45, 2.75) is 19.2 Å². The van der Waals surface area contributed by atoms with Gasteiger partial charge in [-0.1, -0.05) is 21.1 Å². The summed E-state index contributed by atoms with van der Waals surface area (Å²) in [7, 11) is 0. The highest BCUT2D eigenvalue weighted by Crippen LogP contribution is 2.23. The van der Waals surface area contributed by atoms with Gasteiger partial charge >= 0.3 is 0 Å². The molecule has 68 valence electrons. The number of aryl methyl sites for hydroxylation is 2. The summed E-state index contributed by atoms with van der Waals surface area (Å²) in [5.74, 6) is 0. The van der Waals surface area contributed by atoms with E-state index in [9.17, 15) is 0 Å². The first-order chi connectivity index (χ1) is 6.22. The summed E-state index contributed by atoms with van der Waals surface area (Å²) in [5.41, 5.74) is 4.36. The van der Waals surface area contributed by atoms with Crippen molar-refractivity contribution in [3.63, 3.8) is 0 Å². The van der Waals surface area contributed by atoms with Crippen LogP contribution in [-0.2, 0) is 5.33 Å². The molecular formula is C10H10BrNO. The summed E-state index contributed by atoms with van der Waals surface area (Å²) < 4.78 is 5.20. The van der Waals surface area contributed by atoms with Gasteiger partial charge in [-0.25, -0.2) is 0 Å². The van der Waals surface area contributed by atoms with E-state index < -0.39 is 0 Å². The second-order valence-corrected chi connectivity index (χ2v) is 3.76. The first-order valence-electron chi connectivity index (χ1n) is 4.14. The Kier molecular flexibility index (Phi) is 2.12. The summed E-state index contributed by atoms with van der Waals surface area (Å²) in [6.07, 6.45) is 0. The van der Waals surface area contributed by atoms with E-state index in [0.29, 0.717) is 0 Å². The zero-order valence-electron chi connectivity index (χ0n) is 7.60. The summed E-state index contributed by atoms with van der Waals surface area (Å²) in [4.78, 5) is 0. The van der Waals surface area contributed by atoms with Crippen LogP contribution < -0.4 is 0 Å². The molecule has 0 fully saturated rings. The molecule has 1 aromatic heterocycles. The smallest absolute Gasteiger partial charge is 0.167 e. The fourth-order valence-corrected chi connectivity index (χ4v) is 1.74. The predicted molar refractivity (Wildman–Crippen MR) is 56.1 cm³/mol. The number of halogens is 1. The highest BCUT2D eigenvalue weighted by molar-refractivity contribution is 9.08. The molecule has 0 radical (unpaired) electrons. The molecule has 0 aliphatic rings. The standard InChI is InChI=1S/C10H10BrNO/c1-6-3-8-9(5-11)12-13-10(8)4-7(6)2/h3-4H,5H2,1-2H3. The number of aromatic nitrogens is 1. The number of benzene rings is 1. The van der Waals surface area contributed by atoms with E-state index in [4.69, 9.17) is 4.52 Å². The van der Waals surface area contributed by atoms with Gasteiger partial charge in [-0.15, -0.1) is 0 Å². The molecule has 0 amide bonds. The maximum Gasteiger partial charge on any atom is 0.167 e. The third kappa shape index (κ3) is 1.37. The molecular weight excluding hydrogens is 230 g/mol. The summed E-state index contributed by atoms with van der Waals surface area (Å²) in [6.45, 7) is 4.17. The van der Waals surface area contributed by atoms with Crippen molar-refractivity contribution in [2.75, 3.05) is 0 Å². The van der Waals surface area contributed by atoms with Gasteiger partial charge in [0, 0.05) is 10.7 Å². The van der Waals surface area contributed by atoms with Gasteiger partial charge in [-0.2, -0.15) is 0 Å². The third-order valence-corrected chi connectivity index (χ3v) is 2.82. The lowest BCUT2D eigenvalue weighted by molar-refractivity contribution is 0.449. The normalized spacial score (nSPS) is 11.0. The average Bonchev–Trinajstić information content (AvgIpc) is 2.48. The van der Waals surface area contributed by atoms with Crippen molar-refractivity contribution in [1.29, 1.82) is 0 Å². The van der Waals surface area contributed by atoms with Gasteiger partial charge < -0.3 is 4.52 Å².